The van der Waals surface area contributed by atoms with Crippen molar-refractivity contribution >= 4 is 29.4 Å². The lowest BCUT2D eigenvalue weighted by molar-refractivity contribution is -0.123. The zero-order valence-corrected chi connectivity index (χ0v) is 19.9. The maximum absolute atomic E-state index is 12.3. The third-order valence-electron chi connectivity index (χ3n) is 5.79. The summed E-state index contributed by atoms with van der Waals surface area (Å²) in [5, 5.41) is 3.07. The molecule has 2 aliphatic heterocycles. The van der Waals surface area contributed by atoms with E-state index >= 15 is 0 Å². The van der Waals surface area contributed by atoms with Crippen molar-refractivity contribution in [2.75, 3.05) is 37.7 Å². The van der Waals surface area contributed by atoms with Crippen LogP contribution in [0.5, 0.6) is 5.75 Å². The van der Waals surface area contributed by atoms with Crippen LogP contribution in [0.3, 0.4) is 0 Å². The predicted molar refractivity (Wildman–Crippen MR) is 126 cm³/mol. The summed E-state index contributed by atoms with van der Waals surface area (Å²) in [6.07, 6.45) is 2.60. The van der Waals surface area contributed by atoms with Gasteiger partial charge in [0.2, 0.25) is 0 Å². The molecule has 1 N–H and O–H groups in total. The van der Waals surface area contributed by atoms with Crippen LogP contribution < -0.4 is 10.1 Å². The van der Waals surface area contributed by atoms with Crippen molar-refractivity contribution in [2.24, 2.45) is 11.8 Å². The van der Waals surface area contributed by atoms with Crippen LogP contribution in [-0.4, -0.2) is 54.1 Å². The summed E-state index contributed by atoms with van der Waals surface area (Å²) >= 11 is 4.03. The third-order valence-corrected chi connectivity index (χ3v) is 8.81. The molecule has 2 unspecified atom stereocenters. The van der Waals surface area contributed by atoms with Crippen molar-refractivity contribution in [1.82, 2.24) is 10.2 Å². The van der Waals surface area contributed by atoms with Crippen molar-refractivity contribution < 1.29 is 9.53 Å². The zero-order chi connectivity index (χ0) is 20.9. The second-order valence-corrected chi connectivity index (χ2v) is 11.9. The first kappa shape index (κ1) is 22.8. The van der Waals surface area contributed by atoms with Gasteiger partial charge in [0, 0.05) is 25.2 Å². The Morgan fingerprint density at radius 2 is 1.76 bits per heavy atom. The van der Waals surface area contributed by atoms with E-state index in [9.17, 15) is 4.79 Å². The standard InChI is InChI=1S/C23H36N2O2S2/c1-17-12-18(2)14-25(13-17)23(3,4)16-24-21(26)15-27-20-8-6-19(7-9-20)22-28-10-5-11-29-22/h6-9,17-18,22H,5,10-16H2,1-4H3,(H,24,26). The Morgan fingerprint density at radius 3 is 2.38 bits per heavy atom. The number of nitrogens with zero attached hydrogens (tertiary/aromatic N) is 1. The topological polar surface area (TPSA) is 41.6 Å². The Balaban J connectivity index is 1.42. The summed E-state index contributed by atoms with van der Waals surface area (Å²) in [7, 11) is 0. The minimum atomic E-state index is -0.0568. The third kappa shape index (κ3) is 6.83. The van der Waals surface area contributed by atoms with Crippen LogP contribution in [0.25, 0.3) is 0 Å². The molecule has 2 heterocycles. The first-order valence-corrected chi connectivity index (χ1v) is 12.9. The average molecular weight is 437 g/mol. The van der Waals surface area contributed by atoms with Crippen LogP contribution in [0, 0.1) is 11.8 Å². The zero-order valence-electron chi connectivity index (χ0n) is 18.3. The number of piperidine rings is 1. The fraction of sp³-hybridized carbons (Fsp3) is 0.696. The predicted octanol–water partition coefficient (Wildman–Crippen LogP) is 4.81. The number of likely N-dealkylation sites (tertiary alicyclic amines) is 1. The van der Waals surface area contributed by atoms with E-state index in [1.165, 1.54) is 29.9 Å². The highest BCUT2D eigenvalue weighted by molar-refractivity contribution is 8.16. The van der Waals surface area contributed by atoms with Crippen molar-refractivity contribution in [1.29, 1.82) is 0 Å². The number of amides is 1. The normalized spacial score (nSPS) is 24.3. The molecule has 0 bridgehead atoms. The molecule has 2 aliphatic rings. The number of ether oxygens (including phenoxy) is 1. The lowest BCUT2D eigenvalue weighted by Crippen LogP contribution is -2.56. The van der Waals surface area contributed by atoms with Gasteiger partial charge in [-0.15, -0.1) is 23.5 Å². The Kier molecular flexibility index (Phi) is 8.23. The monoisotopic (exact) mass is 436 g/mol. The van der Waals surface area contributed by atoms with Gasteiger partial charge < -0.3 is 10.1 Å². The Labute approximate surface area is 184 Å². The first-order chi connectivity index (χ1) is 13.8. The summed E-state index contributed by atoms with van der Waals surface area (Å²) in [6.45, 7) is 12.0. The quantitative estimate of drug-likeness (QED) is 0.664. The van der Waals surface area contributed by atoms with E-state index in [4.69, 9.17) is 4.74 Å². The van der Waals surface area contributed by atoms with E-state index in [1.807, 2.05) is 35.7 Å². The van der Waals surface area contributed by atoms with Crippen LogP contribution in [0.4, 0.5) is 0 Å². The molecule has 1 aromatic rings. The van der Waals surface area contributed by atoms with Crippen LogP contribution >= 0.6 is 23.5 Å². The highest BCUT2D eigenvalue weighted by Gasteiger charge is 2.32. The van der Waals surface area contributed by atoms with Gasteiger partial charge in [0.15, 0.2) is 6.61 Å². The van der Waals surface area contributed by atoms with E-state index in [1.54, 1.807) is 0 Å². The molecular weight excluding hydrogens is 400 g/mol. The number of hydrogen-bond acceptors (Lipinski definition) is 5. The minimum absolute atomic E-state index is 0.0461. The summed E-state index contributed by atoms with van der Waals surface area (Å²) in [5.41, 5.74) is 1.29. The van der Waals surface area contributed by atoms with Crippen molar-refractivity contribution in [2.45, 2.75) is 50.7 Å². The minimum Gasteiger partial charge on any atom is -0.484 e. The molecule has 1 amide bonds. The lowest BCUT2D eigenvalue weighted by atomic mass is 9.88. The number of benzene rings is 1. The number of rotatable bonds is 7. The van der Waals surface area contributed by atoms with Gasteiger partial charge in [-0.2, -0.15) is 0 Å². The van der Waals surface area contributed by atoms with E-state index in [0.717, 1.165) is 18.8 Å². The molecule has 0 aliphatic carbocycles. The molecule has 6 heteroatoms. The van der Waals surface area contributed by atoms with Gasteiger partial charge in [-0.1, -0.05) is 26.0 Å². The van der Waals surface area contributed by atoms with Gasteiger partial charge in [-0.3, -0.25) is 9.69 Å². The van der Waals surface area contributed by atoms with Crippen molar-refractivity contribution in [3.8, 4) is 5.75 Å². The molecule has 0 spiro atoms. The smallest absolute Gasteiger partial charge is 0.258 e. The summed E-state index contributed by atoms with van der Waals surface area (Å²) < 4.78 is 6.25. The first-order valence-electron chi connectivity index (χ1n) is 10.8. The summed E-state index contributed by atoms with van der Waals surface area (Å²) in [6, 6.07) is 8.23. The second kappa shape index (κ2) is 10.5. The fourth-order valence-electron chi connectivity index (χ4n) is 4.19. The molecule has 0 aromatic heterocycles. The highest BCUT2D eigenvalue weighted by atomic mass is 32.2. The number of nitrogens with one attached hydrogen (secondary N) is 1. The van der Waals surface area contributed by atoms with Gasteiger partial charge in [0.25, 0.3) is 5.91 Å². The largest absolute Gasteiger partial charge is 0.484 e. The molecular formula is C23H36N2O2S2. The second-order valence-electron chi connectivity index (χ2n) is 9.22. The van der Waals surface area contributed by atoms with Crippen LogP contribution in [0.2, 0.25) is 0 Å². The number of carbonyl (C=O) groups excluding carboxylic acids is 1. The number of thioether (sulfide) groups is 2. The SMILES string of the molecule is CC1CC(C)CN(C(C)(C)CNC(=O)COc2ccc(C3SCCCS3)cc2)C1. The molecule has 162 valence electrons. The fourth-order valence-corrected chi connectivity index (χ4v) is 7.08. The molecule has 2 saturated heterocycles. The van der Waals surface area contributed by atoms with Gasteiger partial charge in [0.05, 0.1) is 4.58 Å². The van der Waals surface area contributed by atoms with E-state index in [2.05, 4.69) is 50.0 Å². The van der Waals surface area contributed by atoms with Gasteiger partial charge in [-0.25, -0.2) is 0 Å². The van der Waals surface area contributed by atoms with E-state index in [-0.39, 0.29) is 18.1 Å². The van der Waals surface area contributed by atoms with Crippen molar-refractivity contribution in [3.63, 3.8) is 0 Å². The molecule has 29 heavy (non-hydrogen) atoms. The van der Waals surface area contributed by atoms with Gasteiger partial charge in [0.1, 0.15) is 5.75 Å². The molecule has 0 radical (unpaired) electrons. The van der Waals surface area contributed by atoms with Crippen LogP contribution in [-0.2, 0) is 4.79 Å². The Bertz CT molecular complexity index is 649. The molecule has 0 saturated carbocycles. The Hall–Kier alpha value is -0.850. The maximum Gasteiger partial charge on any atom is 0.258 e. The lowest BCUT2D eigenvalue weighted by Gasteiger charge is -2.45. The molecule has 4 nitrogen and oxygen atoms in total. The average Bonchev–Trinajstić information content (AvgIpc) is 2.71. The molecule has 2 fully saturated rings. The van der Waals surface area contributed by atoms with E-state index in [0.29, 0.717) is 23.0 Å². The van der Waals surface area contributed by atoms with Crippen LogP contribution in [0.15, 0.2) is 24.3 Å². The Morgan fingerprint density at radius 1 is 1.14 bits per heavy atom. The van der Waals surface area contributed by atoms with E-state index < -0.39 is 0 Å². The number of carbonyl (C=O) groups is 1. The maximum atomic E-state index is 12.3. The van der Waals surface area contributed by atoms with Crippen molar-refractivity contribution in [3.05, 3.63) is 29.8 Å². The molecule has 1 aromatic carbocycles. The highest BCUT2D eigenvalue weighted by Crippen LogP contribution is 2.43. The van der Waals surface area contributed by atoms with Crippen LogP contribution in [0.1, 0.15) is 50.7 Å². The van der Waals surface area contributed by atoms with Gasteiger partial charge in [-0.05, 0) is 67.7 Å². The van der Waals surface area contributed by atoms with Gasteiger partial charge >= 0.3 is 0 Å². The molecule has 2 atom stereocenters. The number of hydrogen-bond donors (Lipinski definition) is 1. The molecule has 3 rings (SSSR count). The summed E-state index contributed by atoms with van der Waals surface area (Å²) in [5.74, 6) is 4.60. The summed E-state index contributed by atoms with van der Waals surface area (Å²) in [4.78, 5) is 14.8.